The van der Waals surface area contributed by atoms with Gasteiger partial charge in [0.15, 0.2) is 5.96 Å². The van der Waals surface area contributed by atoms with Gasteiger partial charge in [0.2, 0.25) is 0 Å². The van der Waals surface area contributed by atoms with Gasteiger partial charge >= 0.3 is 0 Å². The molecular formula is C10H19N3. The van der Waals surface area contributed by atoms with Crippen molar-refractivity contribution in [3.63, 3.8) is 0 Å². The Bertz CT molecular complexity index is 200. The maximum Gasteiger partial charge on any atom is 0.196 e. The minimum absolute atomic E-state index is 1.02. The fourth-order valence-electron chi connectivity index (χ4n) is 2.14. The molecule has 2 rings (SSSR count). The predicted octanol–water partition coefficient (Wildman–Crippen LogP) is 1.16. The molecule has 0 aromatic carbocycles. The molecule has 0 aromatic heterocycles. The molecule has 2 aliphatic rings. The van der Waals surface area contributed by atoms with Crippen LogP contribution in [0.5, 0.6) is 0 Å². The minimum atomic E-state index is 1.02. The second-order valence-electron chi connectivity index (χ2n) is 4.00. The number of hydrogen-bond acceptors (Lipinski definition) is 3. The zero-order valence-corrected chi connectivity index (χ0v) is 8.50. The first-order valence-corrected chi connectivity index (χ1v) is 5.38. The molecule has 3 heteroatoms. The van der Waals surface area contributed by atoms with Crippen molar-refractivity contribution in [1.29, 1.82) is 0 Å². The molecular weight excluding hydrogens is 162 g/mol. The van der Waals surface area contributed by atoms with Crippen molar-refractivity contribution in [2.24, 2.45) is 4.99 Å². The maximum absolute atomic E-state index is 4.60. The molecule has 0 radical (unpaired) electrons. The van der Waals surface area contributed by atoms with Crippen LogP contribution < -0.4 is 0 Å². The Morgan fingerprint density at radius 2 is 1.77 bits per heavy atom. The van der Waals surface area contributed by atoms with Crippen LogP contribution in [0.1, 0.15) is 25.7 Å². The fourth-order valence-corrected chi connectivity index (χ4v) is 2.14. The summed E-state index contributed by atoms with van der Waals surface area (Å²) in [5, 5.41) is 0. The summed E-state index contributed by atoms with van der Waals surface area (Å²) in [6.45, 7) is 4.62. The Labute approximate surface area is 80.4 Å². The lowest BCUT2D eigenvalue weighted by atomic mass is 10.2. The van der Waals surface area contributed by atoms with Crippen LogP contribution in [0.4, 0.5) is 0 Å². The van der Waals surface area contributed by atoms with Gasteiger partial charge in [0, 0.05) is 33.2 Å². The van der Waals surface area contributed by atoms with Gasteiger partial charge in [0.05, 0.1) is 0 Å². The number of aliphatic imine (C=N–C) groups is 1. The zero-order valence-electron chi connectivity index (χ0n) is 8.50. The van der Waals surface area contributed by atoms with E-state index in [-0.39, 0.29) is 0 Å². The minimum Gasteiger partial charge on any atom is -0.346 e. The van der Waals surface area contributed by atoms with Crippen LogP contribution in [-0.4, -0.2) is 49.0 Å². The van der Waals surface area contributed by atoms with E-state index in [2.05, 4.69) is 21.8 Å². The smallest absolute Gasteiger partial charge is 0.196 e. The molecule has 0 N–H and O–H groups in total. The second-order valence-corrected chi connectivity index (χ2v) is 4.00. The Morgan fingerprint density at radius 1 is 1.00 bits per heavy atom. The summed E-state index contributed by atoms with van der Waals surface area (Å²) in [5.41, 5.74) is 0. The largest absolute Gasteiger partial charge is 0.346 e. The SMILES string of the molecule is CN1CCCCCN2CCCN=C12. The maximum atomic E-state index is 4.60. The van der Waals surface area contributed by atoms with Crippen LogP contribution in [-0.2, 0) is 0 Å². The van der Waals surface area contributed by atoms with Gasteiger partial charge in [0.25, 0.3) is 0 Å². The molecule has 0 bridgehead atoms. The van der Waals surface area contributed by atoms with Gasteiger partial charge < -0.3 is 9.80 Å². The average molecular weight is 181 g/mol. The van der Waals surface area contributed by atoms with Gasteiger partial charge in [0.1, 0.15) is 0 Å². The summed E-state index contributed by atoms with van der Waals surface area (Å²) in [7, 11) is 2.17. The third kappa shape index (κ3) is 1.95. The molecule has 1 saturated heterocycles. The van der Waals surface area contributed by atoms with Crippen molar-refractivity contribution in [3.05, 3.63) is 0 Å². The van der Waals surface area contributed by atoms with Gasteiger partial charge in [-0.15, -0.1) is 0 Å². The highest BCUT2D eigenvalue weighted by Crippen LogP contribution is 2.12. The third-order valence-corrected chi connectivity index (χ3v) is 2.89. The van der Waals surface area contributed by atoms with Gasteiger partial charge in [-0.3, -0.25) is 4.99 Å². The second kappa shape index (κ2) is 3.99. The summed E-state index contributed by atoms with van der Waals surface area (Å²) in [5.74, 6) is 1.24. The molecule has 0 saturated carbocycles. The van der Waals surface area contributed by atoms with Crippen molar-refractivity contribution in [1.82, 2.24) is 9.80 Å². The molecule has 0 amide bonds. The van der Waals surface area contributed by atoms with Gasteiger partial charge in [-0.05, 0) is 25.7 Å². The summed E-state index contributed by atoms with van der Waals surface area (Å²) in [6.07, 6.45) is 5.27. The normalized spacial score (nSPS) is 24.5. The number of fused-ring (bicyclic) bond motifs is 1. The summed E-state index contributed by atoms with van der Waals surface area (Å²) < 4.78 is 0. The van der Waals surface area contributed by atoms with Crippen molar-refractivity contribution in [2.45, 2.75) is 25.7 Å². The molecule has 2 aliphatic heterocycles. The summed E-state index contributed by atoms with van der Waals surface area (Å²) >= 11 is 0. The molecule has 74 valence electrons. The third-order valence-electron chi connectivity index (χ3n) is 2.89. The Balaban J connectivity index is 2.09. The van der Waals surface area contributed by atoms with Crippen molar-refractivity contribution in [3.8, 4) is 0 Å². The monoisotopic (exact) mass is 181 g/mol. The molecule has 0 atom stereocenters. The molecule has 2 heterocycles. The van der Waals surface area contributed by atoms with E-state index >= 15 is 0 Å². The molecule has 1 fully saturated rings. The van der Waals surface area contributed by atoms with E-state index in [1.165, 1.54) is 51.3 Å². The summed E-state index contributed by atoms with van der Waals surface area (Å²) in [6, 6.07) is 0. The van der Waals surface area contributed by atoms with E-state index < -0.39 is 0 Å². The van der Waals surface area contributed by atoms with Gasteiger partial charge in [-0.1, -0.05) is 0 Å². The zero-order chi connectivity index (χ0) is 9.10. The fraction of sp³-hybridized carbons (Fsp3) is 0.900. The Hall–Kier alpha value is -0.730. The van der Waals surface area contributed by atoms with E-state index in [1.54, 1.807) is 0 Å². The molecule has 3 nitrogen and oxygen atoms in total. The lowest BCUT2D eigenvalue weighted by Gasteiger charge is -2.36. The van der Waals surface area contributed by atoms with Gasteiger partial charge in [-0.25, -0.2) is 0 Å². The number of hydrogen-bond donors (Lipinski definition) is 0. The van der Waals surface area contributed by atoms with Crippen molar-refractivity contribution < 1.29 is 0 Å². The molecule has 0 unspecified atom stereocenters. The highest BCUT2D eigenvalue weighted by atomic mass is 15.4. The van der Waals surface area contributed by atoms with Crippen molar-refractivity contribution >= 4 is 5.96 Å². The predicted molar refractivity (Wildman–Crippen MR) is 55.0 cm³/mol. The van der Waals surface area contributed by atoms with Crippen LogP contribution in [0, 0.1) is 0 Å². The van der Waals surface area contributed by atoms with Gasteiger partial charge in [-0.2, -0.15) is 0 Å². The first kappa shape index (κ1) is 8.85. The first-order valence-electron chi connectivity index (χ1n) is 5.38. The first-order chi connectivity index (χ1) is 6.38. The molecule has 0 aliphatic carbocycles. The number of guanidine groups is 1. The number of nitrogens with zero attached hydrogens (tertiary/aromatic N) is 3. The van der Waals surface area contributed by atoms with E-state index in [9.17, 15) is 0 Å². The summed E-state index contributed by atoms with van der Waals surface area (Å²) in [4.78, 5) is 9.37. The lowest BCUT2D eigenvalue weighted by molar-refractivity contribution is 0.293. The van der Waals surface area contributed by atoms with E-state index in [0.29, 0.717) is 0 Å². The highest BCUT2D eigenvalue weighted by Gasteiger charge is 2.19. The van der Waals surface area contributed by atoms with E-state index in [4.69, 9.17) is 0 Å². The topological polar surface area (TPSA) is 18.8 Å². The van der Waals surface area contributed by atoms with Crippen LogP contribution in [0.2, 0.25) is 0 Å². The number of rotatable bonds is 0. The van der Waals surface area contributed by atoms with E-state index in [0.717, 1.165) is 6.54 Å². The molecule has 0 spiro atoms. The Kier molecular flexibility index (Phi) is 2.71. The van der Waals surface area contributed by atoms with Crippen LogP contribution in [0.25, 0.3) is 0 Å². The standard InChI is InChI=1S/C10H19N3/c1-12-7-3-2-4-8-13-9-5-6-11-10(12)13/h2-9H2,1H3. The van der Waals surface area contributed by atoms with Crippen LogP contribution in [0.15, 0.2) is 4.99 Å². The molecule has 0 aromatic rings. The van der Waals surface area contributed by atoms with Crippen LogP contribution >= 0.6 is 0 Å². The Morgan fingerprint density at radius 3 is 2.69 bits per heavy atom. The van der Waals surface area contributed by atoms with Crippen molar-refractivity contribution in [2.75, 3.05) is 33.2 Å². The highest BCUT2D eigenvalue weighted by molar-refractivity contribution is 5.80. The lowest BCUT2D eigenvalue weighted by Crippen LogP contribution is -2.47. The molecule has 13 heavy (non-hydrogen) atoms. The average Bonchev–Trinajstić information content (AvgIpc) is 2.14. The quantitative estimate of drug-likeness (QED) is 0.558. The van der Waals surface area contributed by atoms with E-state index in [1.807, 2.05) is 0 Å². The van der Waals surface area contributed by atoms with Crippen LogP contribution in [0.3, 0.4) is 0 Å².